The van der Waals surface area contributed by atoms with E-state index in [1.807, 2.05) is 0 Å². The first-order valence-electron chi connectivity index (χ1n) is 1.88. The molecule has 7 heavy (non-hydrogen) atoms. The molecule has 0 aliphatic carbocycles. The fourth-order valence-corrected chi connectivity index (χ4v) is 0.250. The van der Waals surface area contributed by atoms with Crippen molar-refractivity contribution in [3.05, 3.63) is 12.3 Å². The van der Waals surface area contributed by atoms with Crippen LogP contribution in [0.5, 0.6) is 0 Å². The number of rotatable bonds is 0. The quantitative estimate of drug-likeness (QED) is 0.398. The van der Waals surface area contributed by atoms with Gasteiger partial charge in [-0.15, -0.1) is 0 Å². The van der Waals surface area contributed by atoms with Gasteiger partial charge < -0.3 is 0 Å². The van der Waals surface area contributed by atoms with Gasteiger partial charge in [0, 0.05) is 0 Å². The molecule has 0 bridgehead atoms. The van der Waals surface area contributed by atoms with Crippen LogP contribution in [0.25, 0.3) is 0 Å². The summed E-state index contributed by atoms with van der Waals surface area (Å²) in [6.07, 6.45) is 3.16. The Hall–Kier alpha value is -0.925. The van der Waals surface area contributed by atoms with Crippen molar-refractivity contribution in [2.45, 2.75) is 0 Å². The maximum atomic E-state index is 4.41. The fraction of sp³-hybridized carbons (Fsp3) is 0. The minimum absolute atomic E-state index is 1.45. The van der Waals surface area contributed by atoms with E-state index in [0.717, 1.165) is 0 Å². The molecular formula is C3H3BN2O. The number of hydrogen-bond donors (Lipinski definition) is 0. The van der Waals surface area contributed by atoms with E-state index < -0.39 is 0 Å². The zero-order valence-corrected chi connectivity index (χ0v) is 3.61. The fourth-order valence-electron chi connectivity index (χ4n) is 0.250. The Labute approximate surface area is 41.6 Å². The van der Waals surface area contributed by atoms with Crippen molar-refractivity contribution < 1.29 is 4.84 Å². The molecule has 0 amide bonds. The molecule has 0 spiro atoms. The molecule has 1 aliphatic heterocycles. The van der Waals surface area contributed by atoms with Crippen LogP contribution in [0, 0.1) is 0 Å². The molecule has 4 heteroatoms. The molecule has 0 atom stereocenters. The Morgan fingerprint density at radius 1 is 1.57 bits per heavy atom. The van der Waals surface area contributed by atoms with Crippen molar-refractivity contribution >= 4 is 13.0 Å². The van der Waals surface area contributed by atoms with E-state index in [-0.39, 0.29) is 0 Å². The molecule has 0 aromatic heterocycles. The molecule has 0 aromatic carbocycles. The van der Waals surface area contributed by atoms with Crippen molar-refractivity contribution in [3.63, 3.8) is 0 Å². The zero-order valence-electron chi connectivity index (χ0n) is 3.61. The Morgan fingerprint density at radius 3 is 3.57 bits per heavy atom. The standard InChI is InChI=1S/C3H3BN2O/c1-2-4-5-6-7-3-1/h1-3H. The van der Waals surface area contributed by atoms with Gasteiger partial charge in [-0.25, -0.2) is 0 Å². The second-order valence-corrected chi connectivity index (χ2v) is 0.973. The van der Waals surface area contributed by atoms with E-state index in [2.05, 4.69) is 15.1 Å². The molecule has 0 N–H and O–H groups in total. The van der Waals surface area contributed by atoms with Crippen LogP contribution in [0.2, 0.25) is 0 Å². The molecule has 34 valence electrons. The molecule has 0 aromatic rings. The van der Waals surface area contributed by atoms with E-state index >= 15 is 0 Å². The second kappa shape index (κ2) is 2.28. The van der Waals surface area contributed by atoms with Crippen molar-refractivity contribution in [3.8, 4) is 0 Å². The average Bonchev–Trinajstić information content (AvgIpc) is 1.90. The molecule has 0 saturated carbocycles. The van der Waals surface area contributed by atoms with Gasteiger partial charge in [0.15, 0.2) is 0 Å². The van der Waals surface area contributed by atoms with Gasteiger partial charge in [-0.05, 0) is 0 Å². The first-order chi connectivity index (χ1) is 3.50. The van der Waals surface area contributed by atoms with E-state index in [1.54, 1.807) is 19.1 Å². The van der Waals surface area contributed by atoms with Crippen LogP contribution in [0.4, 0.5) is 0 Å². The van der Waals surface area contributed by atoms with Crippen LogP contribution >= 0.6 is 0 Å². The SMILES string of the molecule is B1=CC=CON=N1. The summed E-state index contributed by atoms with van der Waals surface area (Å²) in [5, 5.41) is 6.65. The summed E-state index contributed by atoms with van der Waals surface area (Å²) in [6, 6.07) is 0. The molecule has 0 saturated heterocycles. The topological polar surface area (TPSA) is 34.0 Å². The summed E-state index contributed by atoms with van der Waals surface area (Å²) >= 11 is 0. The predicted octanol–water partition coefficient (Wildman–Crippen LogP) is 0.319. The number of allylic oxidation sites excluding steroid dienone is 1. The average molecular weight is 93.9 g/mol. The molecule has 1 aliphatic rings. The first-order valence-corrected chi connectivity index (χ1v) is 1.88. The van der Waals surface area contributed by atoms with Crippen LogP contribution in [0.1, 0.15) is 0 Å². The first kappa shape index (κ1) is 4.24. The van der Waals surface area contributed by atoms with Crippen molar-refractivity contribution in [2.24, 2.45) is 10.3 Å². The molecule has 1 heterocycles. The monoisotopic (exact) mass is 94.0 g/mol. The predicted molar refractivity (Wildman–Crippen MR) is 26.9 cm³/mol. The van der Waals surface area contributed by atoms with Crippen LogP contribution in [-0.2, 0) is 4.84 Å². The van der Waals surface area contributed by atoms with Crippen molar-refractivity contribution in [2.75, 3.05) is 0 Å². The minimum atomic E-state index is 1.45. The van der Waals surface area contributed by atoms with Gasteiger partial charge in [0.1, 0.15) is 0 Å². The zero-order chi connectivity index (χ0) is 4.95. The summed E-state index contributed by atoms with van der Waals surface area (Å²) in [5.74, 6) is 1.73. The van der Waals surface area contributed by atoms with Gasteiger partial charge >= 0.3 is 40.5 Å². The number of nitrogens with zero attached hydrogens (tertiary/aromatic N) is 2. The molecule has 0 fully saturated rings. The molecule has 0 radical (unpaired) electrons. The Balaban J connectivity index is 2.60. The summed E-state index contributed by atoms with van der Waals surface area (Å²) in [4.78, 5) is 4.41. The summed E-state index contributed by atoms with van der Waals surface area (Å²) < 4.78 is 0. The van der Waals surface area contributed by atoms with E-state index in [9.17, 15) is 0 Å². The molecule has 0 unspecified atom stereocenters. The Morgan fingerprint density at radius 2 is 2.57 bits per heavy atom. The summed E-state index contributed by atoms with van der Waals surface area (Å²) in [6.45, 7) is 0. The van der Waals surface area contributed by atoms with E-state index in [1.165, 1.54) is 6.26 Å². The van der Waals surface area contributed by atoms with Crippen molar-refractivity contribution in [1.29, 1.82) is 0 Å². The summed E-state index contributed by atoms with van der Waals surface area (Å²) in [7, 11) is 1.55. The van der Waals surface area contributed by atoms with E-state index in [4.69, 9.17) is 0 Å². The third-order valence-corrected chi connectivity index (χ3v) is 0.498. The van der Waals surface area contributed by atoms with Gasteiger partial charge in [-0.3, -0.25) is 0 Å². The van der Waals surface area contributed by atoms with Gasteiger partial charge in [-0.1, -0.05) is 0 Å². The normalized spacial score (nSPS) is 14.9. The van der Waals surface area contributed by atoms with E-state index in [0.29, 0.717) is 0 Å². The molecule has 1 rings (SSSR count). The molecular weight excluding hydrogens is 90.9 g/mol. The van der Waals surface area contributed by atoms with Gasteiger partial charge in [0.05, 0.1) is 0 Å². The third kappa shape index (κ3) is 1.30. The maximum absolute atomic E-state index is 4.41. The van der Waals surface area contributed by atoms with Gasteiger partial charge in [0.2, 0.25) is 0 Å². The van der Waals surface area contributed by atoms with Crippen LogP contribution in [0.15, 0.2) is 22.6 Å². The third-order valence-electron chi connectivity index (χ3n) is 0.498. The Kier molecular flexibility index (Phi) is 1.38. The molecule has 3 nitrogen and oxygen atoms in total. The second-order valence-electron chi connectivity index (χ2n) is 0.973. The Bertz CT molecular complexity index is 115. The van der Waals surface area contributed by atoms with Gasteiger partial charge in [-0.2, -0.15) is 0 Å². The van der Waals surface area contributed by atoms with Gasteiger partial charge in [0.25, 0.3) is 0 Å². The van der Waals surface area contributed by atoms with Crippen LogP contribution in [-0.4, -0.2) is 13.0 Å². The number of hydrogen-bond acceptors (Lipinski definition) is 3. The summed E-state index contributed by atoms with van der Waals surface area (Å²) in [5.41, 5.74) is 0. The van der Waals surface area contributed by atoms with Crippen LogP contribution < -0.4 is 0 Å². The van der Waals surface area contributed by atoms with Crippen molar-refractivity contribution in [1.82, 2.24) is 0 Å². The van der Waals surface area contributed by atoms with Crippen LogP contribution in [0.3, 0.4) is 0 Å².